The first-order valence-corrected chi connectivity index (χ1v) is 14.9. The van der Waals surface area contributed by atoms with Gasteiger partial charge in [0.05, 0.1) is 29.7 Å². The number of piperidine rings is 1. The molecule has 9 nitrogen and oxygen atoms in total. The fourth-order valence-corrected chi connectivity index (χ4v) is 6.86. The molecule has 12 heteroatoms. The van der Waals surface area contributed by atoms with Gasteiger partial charge in [-0.3, -0.25) is 9.88 Å². The highest BCUT2D eigenvalue weighted by Gasteiger charge is 2.42. The van der Waals surface area contributed by atoms with Crippen LogP contribution in [0.3, 0.4) is 0 Å². The summed E-state index contributed by atoms with van der Waals surface area (Å²) in [6, 6.07) is 8.87. The number of hydrogen-bond acceptors (Lipinski definition) is 8. The third-order valence-electron chi connectivity index (χ3n) is 8.19. The zero-order valence-electron chi connectivity index (χ0n) is 22.3. The average molecular weight is 599 g/mol. The molecule has 2 fully saturated rings. The zero-order chi connectivity index (χ0) is 28.3. The number of imidazole rings is 1. The van der Waals surface area contributed by atoms with Crippen LogP contribution in [0.4, 0.5) is 4.39 Å². The molecule has 3 aliphatic heterocycles. The lowest BCUT2D eigenvalue weighted by Gasteiger charge is -2.33. The molecule has 0 saturated carbocycles. The topological polar surface area (TPSA) is 98.9 Å². The van der Waals surface area contributed by atoms with Crippen molar-refractivity contribution in [1.29, 1.82) is 0 Å². The molecule has 2 atom stereocenters. The lowest BCUT2D eigenvalue weighted by Crippen LogP contribution is -2.35. The van der Waals surface area contributed by atoms with Gasteiger partial charge in [-0.1, -0.05) is 23.7 Å². The number of likely N-dealkylation sites (tertiary alicyclic amines) is 1. The van der Waals surface area contributed by atoms with Gasteiger partial charge in [0.2, 0.25) is 0 Å². The van der Waals surface area contributed by atoms with Gasteiger partial charge in [0, 0.05) is 31.4 Å². The van der Waals surface area contributed by atoms with E-state index in [2.05, 4.69) is 20.5 Å². The number of halogens is 2. The number of para-hydroxylation sites is 1. The van der Waals surface area contributed by atoms with E-state index in [0.717, 1.165) is 60.7 Å². The second-order valence-corrected chi connectivity index (χ2v) is 12.3. The lowest BCUT2D eigenvalue weighted by atomic mass is 9.88. The first kappa shape index (κ1) is 26.6. The van der Waals surface area contributed by atoms with E-state index in [1.54, 1.807) is 13.0 Å². The normalized spacial score (nSPS) is 22.8. The highest BCUT2D eigenvalue weighted by Crippen LogP contribution is 2.49. The Balaban J connectivity index is 1.06. The Hall–Kier alpha value is -3.25. The second-order valence-electron chi connectivity index (χ2n) is 10.9. The van der Waals surface area contributed by atoms with Crippen LogP contribution in [-0.2, 0) is 23.6 Å². The molecule has 3 aliphatic rings. The highest BCUT2D eigenvalue weighted by molar-refractivity contribution is 7.20. The summed E-state index contributed by atoms with van der Waals surface area (Å²) < 4.78 is 34.5. The van der Waals surface area contributed by atoms with E-state index in [1.807, 2.05) is 12.1 Å². The fraction of sp³-hybridized carbons (Fsp3) is 0.414. The van der Waals surface area contributed by atoms with Crippen molar-refractivity contribution in [2.24, 2.45) is 0 Å². The molecule has 1 aromatic carbocycles. The molecule has 4 aromatic rings. The van der Waals surface area contributed by atoms with Crippen LogP contribution in [0.5, 0.6) is 11.5 Å². The Morgan fingerprint density at radius 2 is 2.05 bits per heavy atom. The van der Waals surface area contributed by atoms with Crippen LogP contribution >= 0.6 is 22.9 Å². The molecule has 0 bridgehead atoms. The molecule has 3 aromatic heterocycles. The summed E-state index contributed by atoms with van der Waals surface area (Å²) in [5, 5.41) is 9.40. The van der Waals surface area contributed by atoms with Crippen LogP contribution in [0.15, 0.2) is 36.5 Å². The maximum Gasteiger partial charge on any atom is 0.346 e. The van der Waals surface area contributed by atoms with Crippen molar-refractivity contribution in [2.45, 2.75) is 57.1 Å². The van der Waals surface area contributed by atoms with E-state index >= 15 is 0 Å². The molecule has 0 amide bonds. The third kappa shape index (κ3) is 4.84. The highest BCUT2D eigenvalue weighted by atomic mass is 35.5. The largest absolute Gasteiger partial charge is 0.477 e. The first-order valence-electron chi connectivity index (χ1n) is 13.7. The van der Waals surface area contributed by atoms with Crippen molar-refractivity contribution in [3.8, 4) is 11.5 Å². The molecule has 0 radical (unpaired) electrons. The van der Waals surface area contributed by atoms with Crippen LogP contribution in [0.1, 0.15) is 58.9 Å². The summed E-state index contributed by atoms with van der Waals surface area (Å²) in [5.41, 5.74) is 2.25. The number of pyridine rings is 1. The van der Waals surface area contributed by atoms with Crippen molar-refractivity contribution in [3.05, 3.63) is 69.3 Å². The quantitative estimate of drug-likeness (QED) is 0.285. The second kappa shape index (κ2) is 10.2. The summed E-state index contributed by atoms with van der Waals surface area (Å²) >= 11 is 7.04. The van der Waals surface area contributed by atoms with Gasteiger partial charge in [-0.25, -0.2) is 14.2 Å². The maximum atomic E-state index is 14.2. The molecular weight excluding hydrogens is 571 g/mol. The van der Waals surface area contributed by atoms with Crippen molar-refractivity contribution in [1.82, 2.24) is 19.4 Å². The number of carboxylic acid groups (broad SMARTS) is 1. The van der Waals surface area contributed by atoms with E-state index < -0.39 is 17.6 Å². The molecule has 2 unspecified atom stereocenters. The third-order valence-corrected chi connectivity index (χ3v) is 9.48. The number of aromatic carboxylic acids is 1. The maximum absolute atomic E-state index is 14.2. The van der Waals surface area contributed by atoms with E-state index in [4.69, 9.17) is 30.8 Å². The van der Waals surface area contributed by atoms with Crippen molar-refractivity contribution in [3.63, 3.8) is 0 Å². The van der Waals surface area contributed by atoms with Crippen LogP contribution in [0, 0.1) is 5.82 Å². The number of nitrogens with zero attached hydrogens (tertiary/aromatic N) is 4. The Morgan fingerprint density at radius 3 is 2.76 bits per heavy atom. The number of ether oxygens (including phenoxy) is 3. The molecular formula is C29H28ClFN4O5S. The van der Waals surface area contributed by atoms with E-state index in [9.17, 15) is 14.3 Å². The first-order chi connectivity index (χ1) is 19.8. The fourth-order valence-electron chi connectivity index (χ4n) is 5.86. The molecule has 41 heavy (non-hydrogen) atoms. The van der Waals surface area contributed by atoms with Gasteiger partial charge < -0.3 is 23.9 Å². The van der Waals surface area contributed by atoms with Crippen LogP contribution in [-0.4, -0.2) is 56.3 Å². The Bertz CT molecular complexity index is 1650. The molecule has 0 aliphatic carbocycles. The number of fused-ring (bicyclic) bond motifs is 2. The minimum absolute atomic E-state index is 0.0519. The predicted molar refractivity (Wildman–Crippen MR) is 150 cm³/mol. The van der Waals surface area contributed by atoms with Gasteiger partial charge >= 0.3 is 5.97 Å². The van der Waals surface area contributed by atoms with Crippen molar-refractivity contribution < 1.29 is 28.5 Å². The number of rotatable bonds is 7. The SMILES string of the molecule is CC1(c2cc(F)c(Cl)cn2)Oc2cccc(C3CCN(Cc4nc5sc(C(=O)O)cc5n4CC4CCO4)CC3)c2O1. The summed E-state index contributed by atoms with van der Waals surface area (Å²) in [7, 11) is 0. The minimum atomic E-state index is -1.25. The van der Waals surface area contributed by atoms with E-state index in [1.165, 1.54) is 23.6 Å². The summed E-state index contributed by atoms with van der Waals surface area (Å²) in [6.45, 7) is 5.60. The Morgan fingerprint density at radius 1 is 1.24 bits per heavy atom. The van der Waals surface area contributed by atoms with Gasteiger partial charge in [-0.05, 0) is 50.4 Å². The van der Waals surface area contributed by atoms with Gasteiger partial charge in [-0.2, -0.15) is 0 Å². The predicted octanol–water partition coefficient (Wildman–Crippen LogP) is 5.80. The van der Waals surface area contributed by atoms with Crippen LogP contribution < -0.4 is 9.47 Å². The number of aromatic nitrogens is 3. The van der Waals surface area contributed by atoms with Crippen molar-refractivity contribution >= 4 is 39.3 Å². The molecule has 0 spiro atoms. The van der Waals surface area contributed by atoms with Crippen LogP contribution in [0.2, 0.25) is 5.02 Å². The number of hydrogen-bond donors (Lipinski definition) is 1. The number of carboxylic acids is 1. The zero-order valence-corrected chi connectivity index (χ0v) is 23.9. The number of thiophene rings is 1. The molecule has 214 valence electrons. The van der Waals surface area contributed by atoms with Crippen LogP contribution in [0.25, 0.3) is 10.3 Å². The molecule has 2 saturated heterocycles. The Labute approximate surface area is 244 Å². The molecule has 7 rings (SSSR count). The van der Waals surface area contributed by atoms with Gasteiger partial charge in [0.1, 0.15) is 27.0 Å². The summed E-state index contributed by atoms with van der Waals surface area (Å²) in [5.74, 6) is -0.251. The monoisotopic (exact) mass is 598 g/mol. The van der Waals surface area contributed by atoms with Gasteiger partial charge in [0.25, 0.3) is 5.79 Å². The minimum Gasteiger partial charge on any atom is -0.477 e. The molecule has 6 heterocycles. The van der Waals surface area contributed by atoms with E-state index in [0.29, 0.717) is 35.2 Å². The average Bonchev–Trinajstić information content (AvgIpc) is 3.59. The molecule has 1 N–H and O–H groups in total. The van der Waals surface area contributed by atoms with E-state index in [-0.39, 0.29) is 17.0 Å². The Kier molecular flexibility index (Phi) is 6.65. The number of carbonyl (C=O) groups is 1. The smallest absolute Gasteiger partial charge is 0.346 e. The van der Waals surface area contributed by atoms with Crippen molar-refractivity contribution in [2.75, 3.05) is 19.7 Å². The number of benzene rings is 1. The summed E-state index contributed by atoms with van der Waals surface area (Å²) in [4.78, 5) is 24.1. The standard InChI is InChI=1S/C29H28ClFN4O5S/c1-29(24-11-20(31)19(30)13-32-24)39-22-4-2-3-18(26(22)40-29)16-5-8-34(9-6-16)15-25-33-27-21(12-23(41-27)28(36)37)35(25)14-17-7-10-38-17/h2-4,11-13,16-17H,5-10,14-15H2,1H3,(H,36,37). The van der Waals surface area contributed by atoms with Gasteiger partial charge in [0.15, 0.2) is 11.5 Å². The lowest BCUT2D eigenvalue weighted by molar-refractivity contribution is -0.0724. The van der Waals surface area contributed by atoms with Gasteiger partial charge in [-0.15, -0.1) is 11.3 Å². The summed E-state index contributed by atoms with van der Waals surface area (Å²) in [6.07, 6.45) is 4.25.